The van der Waals surface area contributed by atoms with Crippen LogP contribution in [0.5, 0.6) is 5.75 Å². The molecule has 4 rings (SSSR count). The first-order valence-electron chi connectivity index (χ1n) is 10.4. The van der Waals surface area contributed by atoms with Gasteiger partial charge in [-0.3, -0.25) is 4.79 Å². The molecule has 0 saturated carbocycles. The van der Waals surface area contributed by atoms with Gasteiger partial charge < -0.3 is 14.2 Å². The van der Waals surface area contributed by atoms with Gasteiger partial charge in [0.2, 0.25) is 11.7 Å². The summed E-state index contributed by atoms with van der Waals surface area (Å²) in [6.45, 7) is 5.64. The van der Waals surface area contributed by atoms with Crippen LogP contribution < -0.4 is 4.74 Å². The summed E-state index contributed by atoms with van der Waals surface area (Å²) in [5, 5.41) is 4.18. The van der Waals surface area contributed by atoms with Gasteiger partial charge in [0.25, 0.3) is 5.91 Å². The second-order valence-electron chi connectivity index (χ2n) is 8.06. The molecule has 1 aromatic heterocycles. The average Bonchev–Trinajstić information content (AvgIpc) is 3.29. The number of rotatable bonds is 5. The smallest absolute Gasteiger partial charge is 0.254 e. The van der Waals surface area contributed by atoms with Gasteiger partial charge in [0.15, 0.2) is 0 Å². The molecule has 1 amide bonds. The molecule has 1 aliphatic heterocycles. The molecule has 1 fully saturated rings. The largest absolute Gasteiger partial charge is 0.497 e. The highest BCUT2D eigenvalue weighted by atomic mass is 16.5. The highest BCUT2D eigenvalue weighted by Gasteiger charge is 2.29. The molecule has 0 spiro atoms. The number of amides is 1. The second-order valence-corrected chi connectivity index (χ2v) is 8.06. The zero-order valence-corrected chi connectivity index (χ0v) is 17.7. The van der Waals surface area contributed by atoms with E-state index in [1.165, 1.54) is 5.56 Å². The number of nitrogens with zero attached hydrogens (tertiary/aromatic N) is 3. The summed E-state index contributed by atoms with van der Waals surface area (Å²) >= 11 is 0. The van der Waals surface area contributed by atoms with Crippen molar-refractivity contribution in [1.82, 2.24) is 15.0 Å². The lowest BCUT2D eigenvalue weighted by Crippen LogP contribution is -2.39. The van der Waals surface area contributed by atoms with E-state index in [0.29, 0.717) is 35.5 Å². The van der Waals surface area contributed by atoms with Crippen molar-refractivity contribution < 1.29 is 14.1 Å². The van der Waals surface area contributed by atoms with Crippen LogP contribution in [0.25, 0.3) is 11.4 Å². The summed E-state index contributed by atoms with van der Waals surface area (Å²) in [6, 6.07) is 15.5. The number of ether oxygens (including phenoxy) is 1. The van der Waals surface area contributed by atoms with Crippen molar-refractivity contribution in [2.45, 2.75) is 38.5 Å². The third-order valence-corrected chi connectivity index (χ3v) is 5.65. The first-order valence-corrected chi connectivity index (χ1v) is 10.4. The minimum absolute atomic E-state index is 0.00242. The predicted molar refractivity (Wildman–Crippen MR) is 115 cm³/mol. The zero-order chi connectivity index (χ0) is 21.1. The molecule has 30 heavy (non-hydrogen) atoms. The van der Waals surface area contributed by atoms with Crippen molar-refractivity contribution in [3.05, 3.63) is 65.5 Å². The lowest BCUT2D eigenvalue weighted by molar-refractivity contribution is 0.0695. The maximum atomic E-state index is 13.0. The molecule has 0 N–H and O–H groups in total. The highest BCUT2D eigenvalue weighted by Crippen LogP contribution is 2.29. The van der Waals surface area contributed by atoms with Crippen LogP contribution >= 0.6 is 0 Å². The number of hydrogen-bond acceptors (Lipinski definition) is 5. The zero-order valence-electron chi connectivity index (χ0n) is 17.7. The van der Waals surface area contributed by atoms with Crippen LogP contribution in [0.4, 0.5) is 0 Å². The molecule has 2 aromatic carbocycles. The predicted octanol–water partition coefficient (Wildman–Crippen LogP) is 4.89. The maximum Gasteiger partial charge on any atom is 0.254 e. The van der Waals surface area contributed by atoms with E-state index >= 15 is 0 Å². The lowest BCUT2D eigenvalue weighted by Gasteiger charge is -2.31. The van der Waals surface area contributed by atoms with Crippen LogP contribution in [0.1, 0.15) is 60.3 Å². The minimum atomic E-state index is 0.00242. The molecule has 3 aromatic rings. The number of methoxy groups -OCH3 is 1. The molecular formula is C24H27N3O3. The summed E-state index contributed by atoms with van der Waals surface area (Å²) in [5.74, 6) is 2.40. The van der Waals surface area contributed by atoms with Gasteiger partial charge in [0, 0.05) is 24.2 Å². The van der Waals surface area contributed by atoms with Gasteiger partial charge >= 0.3 is 0 Å². The van der Waals surface area contributed by atoms with E-state index in [2.05, 4.69) is 36.1 Å². The molecule has 0 aliphatic carbocycles. The third kappa shape index (κ3) is 4.22. The Balaban J connectivity index is 1.48. The SMILES string of the molecule is COc1cccc(C(=O)N2CCCC(c3nc(-c4ccc(C(C)C)cc4)no3)C2)c1. The molecule has 0 bridgehead atoms. The van der Waals surface area contributed by atoms with E-state index < -0.39 is 0 Å². The Labute approximate surface area is 176 Å². The first kappa shape index (κ1) is 20.1. The average molecular weight is 405 g/mol. The summed E-state index contributed by atoms with van der Waals surface area (Å²) < 4.78 is 10.8. The number of carbonyl (C=O) groups excluding carboxylic acids is 1. The number of hydrogen-bond donors (Lipinski definition) is 0. The Morgan fingerprint density at radius 1 is 1.20 bits per heavy atom. The fourth-order valence-corrected chi connectivity index (χ4v) is 3.84. The number of benzene rings is 2. The minimum Gasteiger partial charge on any atom is -0.497 e. The molecule has 1 aliphatic rings. The van der Waals surface area contributed by atoms with E-state index in [1.54, 1.807) is 13.2 Å². The molecule has 6 nitrogen and oxygen atoms in total. The molecule has 1 unspecified atom stereocenters. The Morgan fingerprint density at radius 2 is 2.00 bits per heavy atom. The van der Waals surface area contributed by atoms with Gasteiger partial charge in [-0.25, -0.2) is 0 Å². The van der Waals surface area contributed by atoms with Gasteiger partial charge in [0.1, 0.15) is 5.75 Å². The van der Waals surface area contributed by atoms with Gasteiger partial charge in [-0.05, 0) is 42.5 Å². The van der Waals surface area contributed by atoms with E-state index in [1.807, 2.05) is 35.2 Å². The third-order valence-electron chi connectivity index (χ3n) is 5.65. The number of likely N-dealkylation sites (tertiary alicyclic amines) is 1. The standard InChI is InChI=1S/C24H27N3O3/c1-16(2)17-9-11-18(12-10-17)22-25-23(30-26-22)20-7-5-13-27(15-20)24(28)19-6-4-8-21(14-19)29-3/h4,6,8-12,14,16,20H,5,7,13,15H2,1-3H3. The van der Waals surface area contributed by atoms with E-state index in [0.717, 1.165) is 24.9 Å². The first-order chi connectivity index (χ1) is 14.5. The van der Waals surface area contributed by atoms with Gasteiger partial charge in [-0.15, -0.1) is 0 Å². The van der Waals surface area contributed by atoms with Crippen LogP contribution in [0, 0.1) is 0 Å². The highest BCUT2D eigenvalue weighted by molar-refractivity contribution is 5.94. The molecule has 1 atom stereocenters. The monoisotopic (exact) mass is 405 g/mol. The van der Waals surface area contributed by atoms with Crippen molar-refractivity contribution in [3.63, 3.8) is 0 Å². The van der Waals surface area contributed by atoms with Crippen molar-refractivity contribution in [2.24, 2.45) is 0 Å². The molecule has 2 heterocycles. The van der Waals surface area contributed by atoms with Crippen LogP contribution in [0.3, 0.4) is 0 Å². The maximum absolute atomic E-state index is 13.0. The Morgan fingerprint density at radius 3 is 2.73 bits per heavy atom. The summed E-state index contributed by atoms with van der Waals surface area (Å²) in [4.78, 5) is 19.5. The van der Waals surface area contributed by atoms with Crippen LogP contribution in [0.2, 0.25) is 0 Å². The Hall–Kier alpha value is -3.15. The van der Waals surface area contributed by atoms with Gasteiger partial charge in [0.05, 0.1) is 13.0 Å². The normalized spacial score (nSPS) is 16.7. The van der Waals surface area contributed by atoms with Crippen molar-refractivity contribution >= 4 is 5.91 Å². The van der Waals surface area contributed by atoms with E-state index in [-0.39, 0.29) is 11.8 Å². The summed E-state index contributed by atoms with van der Waals surface area (Å²) in [7, 11) is 1.60. The fraction of sp³-hybridized carbons (Fsp3) is 0.375. The van der Waals surface area contributed by atoms with Gasteiger partial charge in [-0.1, -0.05) is 49.3 Å². The quantitative estimate of drug-likeness (QED) is 0.605. The molecule has 6 heteroatoms. The lowest BCUT2D eigenvalue weighted by atomic mass is 9.97. The summed E-state index contributed by atoms with van der Waals surface area (Å²) in [5.41, 5.74) is 2.85. The number of piperidine rings is 1. The second kappa shape index (κ2) is 8.69. The molecule has 156 valence electrons. The van der Waals surface area contributed by atoms with E-state index in [4.69, 9.17) is 9.26 Å². The molecule has 1 saturated heterocycles. The Bertz CT molecular complexity index is 1010. The van der Waals surface area contributed by atoms with Gasteiger partial charge in [-0.2, -0.15) is 4.98 Å². The number of aromatic nitrogens is 2. The van der Waals surface area contributed by atoms with Crippen molar-refractivity contribution in [2.75, 3.05) is 20.2 Å². The van der Waals surface area contributed by atoms with Crippen LogP contribution in [-0.2, 0) is 0 Å². The van der Waals surface area contributed by atoms with Crippen molar-refractivity contribution in [1.29, 1.82) is 0 Å². The number of carbonyl (C=O) groups is 1. The molecular weight excluding hydrogens is 378 g/mol. The summed E-state index contributed by atoms with van der Waals surface area (Å²) in [6.07, 6.45) is 1.83. The van der Waals surface area contributed by atoms with Crippen LogP contribution in [0.15, 0.2) is 53.1 Å². The van der Waals surface area contributed by atoms with Crippen LogP contribution in [-0.4, -0.2) is 41.1 Å². The fourth-order valence-electron chi connectivity index (χ4n) is 3.84. The molecule has 0 radical (unpaired) electrons. The van der Waals surface area contributed by atoms with E-state index in [9.17, 15) is 4.79 Å². The topological polar surface area (TPSA) is 68.5 Å². The Kier molecular flexibility index (Phi) is 5.84. The van der Waals surface area contributed by atoms with Crippen molar-refractivity contribution in [3.8, 4) is 17.1 Å².